The second-order valence-corrected chi connectivity index (χ2v) is 4.54. The number of benzene rings is 1. The third-order valence-electron chi connectivity index (χ3n) is 2.38. The molecular weight excluding hydrogens is 317 g/mol. The largest absolute Gasteiger partial charge is 0.471 e. The second-order valence-electron chi connectivity index (χ2n) is 3.63. The van der Waals surface area contributed by atoms with Crippen LogP contribution >= 0.6 is 15.9 Å². The maximum absolute atomic E-state index is 12.1. The minimum absolute atomic E-state index is 0.298. The summed E-state index contributed by atoms with van der Waals surface area (Å²) in [5.74, 6) is -2.84. The smallest absolute Gasteiger partial charge is 0.333 e. The van der Waals surface area contributed by atoms with Gasteiger partial charge in [-0.15, -0.1) is 0 Å². The first-order valence-electron chi connectivity index (χ1n) is 4.77. The van der Waals surface area contributed by atoms with Gasteiger partial charge in [0.15, 0.2) is 0 Å². The van der Waals surface area contributed by atoms with E-state index >= 15 is 0 Å². The van der Waals surface area contributed by atoms with Gasteiger partial charge in [-0.2, -0.15) is 13.2 Å². The number of anilines is 1. The summed E-state index contributed by atoms with van der Waals surface area (Å²) in [5.41, 5.74) is 0.683. The Balaban J connectivity index is 2.28. The SMILES string of the molecule is O=C1Nc2ccc(Br)cc2[C@@H]1NC(=O)C(F)(F)F. The van der Waals surface area contributed by atoms with Crippen molar-refractivity contribution in [3.05, 3.63) is 28.2 Å². The maximum atomic E-state index is 12.1. The molecule has 1 heterocycles. The maximum Gasteiger partial charge on any atom is 0.471 e. The van der Waals surface area contributed by atoms with Crippen molar-refractivity contribution in [1.29, 1.82) is 0 Å². The summed E-state index contributed by atoms with van der Waals surface area (Å²) in [7, 11) is 0. The number of hydrogen-bond acceptors (Lipinski definition) is 2. The fraction of sp³-hybridized carbons (Fsp3) is 0.200. The fourth-order valence-corrected chi connectivity index (χ4v) is 1.97. The summed E-state index contributed by atoms with van der Waals surface area (Å²) >= 11 is 3.14. The van der Waals surface area contributed by atoms with Crippen LogP contribution in [0, 0.1) is 0 Å². The molecule has 0 saturated carbocycles. The Labute approximate surface area is 108 Å². The Hall–Kier alpha value is -1.57. The molecule has 0 fully saturated rings. The second kappa shape index (κ2) is 4.27. The predicted molar refractivity (Wildman–Crippen MR) is 59.7 cm³/mol. The summed E-state index contributed by atoms with van der Waals surface area (Å²) in [6.07, 6.45) is -5.02. The molecule has 2 N–H and O–H groups in total. The number of hydrogen-bond donors (Lipinski definition) is 2. The van der Waals surface area contributed by atoms with Gasteiger partial charge in [0.05, 0.1) is 0 Å². The molecule has 0 unspecified atom stereocenters. The molecule has 1 aromatic rings. The van der Waals surface area contributed by atoms with Crippen molar-refractivity contribution in [3.8, 4) is 0 Å². The van der Waals surface area contributed by atoms with Crippen LogP contribution in [-0.4, -0.2) is 18.0 Å². The molecule has 0 spiro atoms. The number of rotatable bonds is 1. The third kappa shape index (κ3) is 2.33. The van der Waals surface area contributed by atoms with Gasteiger partial charge in [-0.1, -0.05) is 15.9 Å². The topological polar surface area (TPSA) is 58.2 Å². The van der Waals surface area contributed by atoms with Crippen LogP contribution < -0.4 is 10.6 Å². The van der Waals surface area contributed by atoms with Gasteiger partial charge < -0.3 is 10.6 Å². The minimum atomic E-state index is -5.02. The highest BCUT2D eigenvalue weighted by Gasteiger charge is 2.42. The molecule has 0 aliphatic carbocycles. The number of carbonyl (C=O) groups excluding carboxylic acids is 2. The predicted octanol–water partition coefficient (Wildman–Crippen LogP) is 2.12. The van der Waals surface area contributed by atoms with Gasteiger partial charge in [0.1, 0.15) is 6.04 Å². The number of alkyl halides is 3. The number of nitrogens with one attached hydrogen (secondary N) is 2. The van der Waals surface area contributed by atoms with Gasteiger partial charge in [-0.05, 0) is 18.2 Å². The van der Waals surface area contributed by atoms with Crippen molar-refractivity contribution in [2.45, 2.75) is 12.2 Å². The molecule has 8 heteroatoms. The Morgan fingerprint density at radius 1 is 1.39 bits per heavy atom. The van der Waals surface area contributed by atoms with Crippen LogP contribution in [0.25, 0.3) is 0 Å². The molecule has 0 aromatic heterocycles. The van der Waals surface area contributed by atoms with Crippen LogP contribution in [0.15, 0.2) is 22.7 Å². The van der Waals surface area contributed by atoms with E-state index in [1.54, 1.807) is 11.4 Å². The number of fused-ring (bicyclic) bond motifs is 1. The molecular formula is C10H6BrF3N2O2. The summed E-state index contributed by atoms with van der Waals surface area (Å²) in [6.45, 7) is 0. The van der Waals surface area contributed by atoms with Crippen LogP contribution in [-0.2, 0) is 9.59 Å². The molecule has 0 saturated heterocycles. The Morgan fingerprint density at radius 3 is 2.67 bits per heavy atom. The summed E-state index contributed by atoms with van der Waals surface area (Å²) in [4.78, 5) is 22.3. The molecule has 18 heavy (non-hydrogen) atoms. The quantitative estimate of drug-likeness (QED) is 0.832. The number of amides is 2. The van der Waals surface area contributed by atoms with E-state index < -0.39 is 24.0 Å². The van der Waals surface area contributed by atoms with Gasteiger partial charge >= 0.3 is 12.1 Å². The first kappa shape index (κ1) is 12.9. The van der Waals surface area contributed by atoms with Crippen LogP contribution in [0.5, 0.6) is 0 Å². The van der Waals surface area contributed by atoms with Gasteiger partial charge in [0, 0.05) is 15.7 Å². The molecule has 0 bridgehead atoms. The average molecular weight is 323 g/mol. The van der Waals surface area contributed by atoms with Crippen molar-refractivity contribution >= 4 is 33.4 Å². The van der Waals surface area contributed by atoms with Crippen molar-refractivity contribution in [3.63, 3.8) is 0 Å². The Morgan fingerprint density at radius 2 is 2.06 bits per heavy atom. The lowest BCUT2D eigenvalue weighted by molar-refractivity contribution is -0.174. The molecule has 1 aliphatic rings. The van der Waals surface area contributed by atoms with Crippen molar-refractivity contribution < 1.29 is 22.8 Å². The molecule has 4 nitrogen and oxygen atoms in total. The average Bonchev–Trinajstić information content (AvgIpc) is 2.54. The van der Waals surface area contributed by atoms with Crippen LogP contribution in [0.4, 0.5) is 18.9 Å². The van der Waals surface area contributed by atoms with E-state index in [1.807, 2.05) is 0 Å². The normalized spacial score (nSPS) is 18.2. The molecule has 1 atom stereocenters. The number of halogens is 4. The highest BCUT2D eigenvalue weighted by molar-refractivity contribution is 9.10. The Kier molecular flexibility index (Phi) is 3.05. The molecule has 0 radical (unpaired) electrons. The van der Waals surface area contributed by atoms with Crippen LogP contribution in [0.1, 0.15) is 11.6 Å². The van der Waals surface area contributed by atoms with E-state index in [2.05, 4.69) is 21.2 Å². The fourth-order valence-electron chi connectivity index (χ4n) is 1.59. The highest BCUT2D eigenvalue weighted by atomic mass is 79.9. The minimum Gasteiger partial charge on any atom is -0.333 e. The van der Waals surface area contributed by atoms with E-state index in [1.165, 1.54) is 12.1 Å². The van der Waals surface area contributed by atoms with Gasteiger partial charge in [-0.25, -0.2) is 0 Å². The van der Waals surface area contributed by atoms with E-state index in [4.69, 9.17) is 0 Å². The van der Waals surface area contributed by atoms with Crippen LogP contribution in [0.3, 0.4) is 0 Å². The summed E-state index contributed by atoms with van der Waals surface area (Å²) < 4.78 is 37.0. The number of carbonyl (C=O) groups is 2. The zero-order valence-electron chi connectivity index (χ0n) is 8.64. The molecule has 2 amide bonds. The zero-order chi connectivity index (χ0) is 13.5. The van der Waals surface area contributed by atoms with E-state index in [-0.39, 0.29) is 0 Å². The molecule has 1 aliphatic heterocycles. The van der Waals surface area contributed by atoms with Crippen molar-refractivity contribution in [2.75, 3.05) is 5.32 Å². The van der Waals surface area contributed by atoms with Crippen LogP contribution in [0.2, 0.25) is 0 Å². The summed E-state index contributed by atoms with van der Waals surface area (Å²) in [6, 6.07) is 3.32. The molecule has 1 aromatic carbocycles. The third-order valence-corrected chi connectivity index (χ3v) is 2.87. The first-order valence-corrected chi connectivity index (χ1v) is 5.56. The van der Waals surface area contributed by atoms with Gasteiger partial charge in [0.2, 0.25) is 0 Å². The van der Waals surface area contributed by atoms with E-state index in [9.17, 15) is 22.8 Å². The monoisotopic (exact) mass is 322 g/mol. The lowest BCUT2D eigenvalue weighted by Crippen LogP contribution is -2.41. The lowest BCUT2D eigenvalue weighted by Gasteiger charge is -2.13. The van der Waals surface area contributed by atoms with Crippen molar-refractivity contribution in [1.82, 2.24) is 5.32 Å². The lowest BCUT2D eigenvalue weighted by atomic mass is 10.1. The first-order chi connectivity index (χ1) is 8.29. The standard InChI is InChI=1S/C10H6BrF3N2O2/c11-4-1-2-6-5(3-4)7(8(17)15-6)16-9(18)10(12,13)14/h1-3,7H,(H,15,17)(H,16,18)/t7-/m0/s1. The van der Waals surface area contributed by atoms with E-state index in [0.29, 0.717) is 15.7 Å². The molecule has 2 rings (SSSR count). The highest BCUT2D eigenvalue weighted by Crippen LogP contribution is 2.33. The Bertz CT molecular complexity index is 530. The van der Waals surface area contributed by atoms with Crippen molar-refractivity contribution in [2.24, 2.45) is 0 Å². The zero-order valence-corrected chi connectivity index (χ0v) is 10.2. The van der Waals surface area contributed by atoms with Gasteiger partial charge in [-0.3, -0.25) is 9.59 Å². The summed E-state index contributed by atoms with van der Waals surface area (Å²) in [5, 5.41) is 4.04. The van der Waals surface area contributed by atoms with E-state index in [0.717, 1.165) is 0 Å². The molecule has 96 valence electrons. The van der Waals surface area contributed by atoms with Gasteiger partial charge in [0.25, 0.3) is 5.91 Å².